The highest BCUT2D eigenvalue weighted by atomic mass is 32.2. The summed E-state index contributed by atoms with van der Waals surface area (Å²) in [7, 11) is 0. The summed E-state index contributed by atoms with van der Waals surface area (Å²) in [4.78, 5) is 19.1. The fourth-order valence-corrected chi connectivity index (χ4v) is 3.89. The van der Waals surface area contributed by atoms with Crippen LogP contribution in [0.3, 0.4) is 0 Å². The van der Waals surface area contributed by atoms with E-state index >= 15 is 0 Å². The van der Waals surface area contributed by atoms with Gasteiger partial charge in [0.05, 0.1) is 4.91 Å². The van der Waals surface area contributed by atoms with Crippen molar-refractivity contribution in [2.24, 2.45) is 4.99 Å². The monoisotopic (exact) mass is 356 g/mol. The molecule has 1 amide bonds. The molecule has 2 aliphatic rings. The number of hydrogen-bond donors (Lipinski definition) is 0. The summed E-state index contributed by atoms with van der Waals surface area (Å²) in [5.74, 6) is 0.725. The summed E-state index contributed by atoms with van der Waals surface area (Å²) >= 11 is 1.41. The molecular weight excluding hydrogens is 339 g/mol. The van der Waals surface area contributed by atoms with Crippen molar-refractivity contribution < 1.29 is 13.6 Å². The first-order valence-corrected chi connectivity index (χ1v) is 9.14. The highest BCUT2D eigenvalue weighted by molar-refractivity contribution is 8.18. The Morgan fingerprint density at radius 2 is 1.84 bits per heavy atom. The Morgan fingerprint density at radius 1 is 1.08 bits per heavy atom. The Labute approximate surface area is 149 Å². The smallest absolute Gasteiger partial charge is 0.286 e. The number of carbonyl (C=O) groups is 1. The van der Waals surface area contributed by atoms with Crippen LogP contribution in [0.25, 0.3) is 17.4 Å². The van der Waals surface area contributed by atoms with Gasteiger partial charge in [-0.1, -0.05) is 0 Å². The van der Waals surface area contributed by atoms with Crippen molar-refractivity contribution in [3.05, 3.63) is 52.9 Å². The fraction of sp³-hybridized carbons (Fsp3) is 0.263. The maximum Gasteiger partial charge on any atom is 0.286 e. The van der Waals surface area contributed by atoms with Crippen LogP contribution in [0.2, 0.25) is 0 Å². The maximum absolute atomic E-state index is 13.0. The minimum atomic E-state index is -0.284. The van der Waals surface area contributed by atoms with Gasteiger partial charge in [-0.25, -0.2) is 4.39 Å². The molecule has 0 spiro atoms. The zero-order valence-corrected chi connectivity index (χ0v) is 14.4. The molecule has 0 N–H and O–H groups in total. The molecule has 1 fully saturated rings. The van der Waals surface area contributed by atoms with Crippen molar-refractivity contribution in [1.29, 1.82) is 0 Å². The lowest BCUT2D eigenvalue weighted by Crippen LogP contribution is -2.33. The van der Waals surface area contributed by atoms with Gasteiger partial charge in [-0.15, -0.1) is 0 Å². The number of piperidine rings is 1. The summed E-state index contributed by atoms with van der Waals surface area (Å²) < 4.78 is 18.8. The van der Waals surface area contributed by atoms with Gasteiger partial charge in [0.25, 0.3) is 5.91 Å². The summed E-state index contributed by atoms with van der Waals surface area (Å²) in [6.45, 7) is 1.92. The molecule has 0 atom stereocenters. The van der Waals surface area contributed by atoms with Crippen molar-refractivity contribution in [1.82, 2.24) is 4.90 Å². The first-order chi connectivity index (χ1) is 12.2. The van der Waals surface area contributed by atoms with E-state index in [2.05, 4.69) is 9.89 Å². The number of thioether (sulfide) groups is 1. The molecule has 2 aliphatic heterocycles. The summed E-state index contributed by atoms with van der Waals surface area (Å²) in [5, 5.41) is 0.793. The quantitative estimate of drug-likeness (QED) is 0.741. The second-order valence-corrected chi connectivity index (χ2v) is 7.08. The molecule has 1 saturated heterocycles. The average Bonchev–Trinajstić information content (AvgIpc) is 3.24. The van der Waals surface area contributed by atoms with Crippen LogP contribution in [0.5, 0.6) is 0 Å². The van der Waals surface area contributed by atoms with Crippen LogP contribution < -0.4 is 0 Å². The lowest BCUT2D eigenvalue weighted by atomic mass is 10.1. The molecule has 25 heavy (non-hydrogen) atoms. The Bertz CT molecular complexity index is 849. The van der Waals surface area contributed by atoms with E-state index in [0.717, 1.165) is 36.7 Å². The van der Waals surface area contributed by atoms with E-state index in [1.54, 1.807) is 24.3 Å². The third-order valence-corrected chi connectivity index (χ3v) is 5.31. The van der Waals surface area contributed by atoms with E-state index in [-0.39, 0.29) is 11.7 Å². The zero-order valence-electron chi connectivity index (χ0n) is 13.6. The summed E-state index contributed by atoms with van der Waals surface area (Å²) in [5.41, 5.74) is 0.793. The Balaban J connectivity index is 1.50. The normalized spacial score (nSPS) is 19.6. The summed E-state index contributed by atoms with van der Waals surface area (Å²) in [6.07, 6.45) is 5.25. The SMILES string of the molecule is O=C1N=C(N2CCCCC2)S/C1=C\c1ccc(-c2ccc(F)cc2)o1. The lowest BCUT2D eigenvalue weighted by Gasteiger charge is -2.27. The minimum Gasteiger partial charge on any atom is -0.457 e. The first kappa shape index (κ1) is 16.1. The second-order valence-electron chi connectivity index (χ2n) is 6.07. The van der Waals surface area contributed by atoms with Crippen molar-refractivity contribution in [3.63, 3.8) is 0 Å². The van der Waals surface area contributed by atoms with Gasteiger partial charge in [0.2, 0.25) is 0 Å². The predicted molar refractivity (Wildman–Crippen MR) is 97.5 cm³/mol. The number of furan rings is 1. The number of amidine groups is 1. The third kappa shape index (κ3) is 3.54. The molecule has 2 aromatic rings. The predicted octanol–water partition coefficient (Wildman–Crippen LogP) is 4.54. The molecule has 0 unspecified atom stereocenters. The number of halogens is 1. The van der Waals surface area contributed by atoms with E-state index < -0.39 is 0 Å². The number of likely N-dealkylation sites (tertiary alicyclic amines) is 1. The number of amides is 1. The molecule has 128 valence electrons. The summed E-state index contributed by atoms with van der Waals surface area (Å²) in [6, 6.07) is 9.74. The lowest BCUT2D eigenvalue weighted by molar-refractivity contribution is -0.113. The number of carbonyl (C=O) groups excluding carboxylic acids is 1. The highest BCUT2D eigenvalue weighted by Crippen LogP contribution is 2.32. The largest absolute Gasteiger partial charge is 0.457 e. The van der Waals surface area contributed by atoms with E-state index in [1.165, 1.54) is 30.3 Å². The molecule has 3 heterocycles. The molecule has 6 heteroatoms. The topological polar surface area (TPSA) is 45.8 Å². The molecule has 0 aliphatic carbocycles. The van der Waals surface area contributed by atoms with Crippen molar-refractivity contribution >= 4 is 28.9 Å². The van der Waals surface area contributed by atoms with Crippen LogP contribution in [0.15, 0.2) is 50.7 Å². The maximum atomic E-state index is 13.0. The van der Waals surface area contributed by atoms with Crippen molar-refractivity contribution in [2.75, 3.05) is 13.1 Å². The van der Waals surface area contributed by atoms with E-state index in [1.807, 2.05) is 6.07 Å². The van der Waals surface area contributed by atoms with Crippen LogP contribution in [-0.4, -0.2) is 29.1 Å². The first-order valence-electron chi connectivity index (χ1n) is 8.32. The number of benzene rings is 1. The zero-order chi connectivity index (χ0) is 17.2. The molecular formula is C19H17FN2O2S. The molecule has 0 radical (unpaired) electrons. The Hall–Kier alpha value is -2.34. The molecule has 0 saturated carbocycles. The van der Waals surface area contributed by atoms with E-state index in [4.69, 9.17) is 4.42 Å². The van der Waals surface area contributed by atoms with E-state index in [9.17, 15) is 9.18 Å². The molecule has 0 bridgehead atoms. The number of hydrogen-bond acceptors (Lipinski definition) is 4. The van der Waals surface area contributed by atoms with Crippen LogP contribution >= 0.6 is 11.8 Å². The number of rotatable bonds is 2. The van der Waals surface area contributed by atoms with Crippen molar-refractivity contribution in [2.45, 2.75) is 19.3 Å². The third-order valence-electron chi connectivity index (χ3n) is 4.26. The number of aliphatic imine (C=N–C) groups is 1. The van der Waals surface area contributed by atoms with Gasteiger partial charge in [0.15, 0.2) is 5.17 Å². The highest BCUT2D eigenvalue weighted by Gasteiger charge is 2.27. The Kier molecular flexibility index (Phi) is 4.44. The van der Waals surface area contributed by atoms with Gasteiger partial charge >= 0.3 is 0 Å². The Morgan fingerprint density at radius 3 is 2.60 bits per heavy atom. The average molecular weight is 356 g/mol. The number of nitrogens with zero attached hydrogens (tertiary/aromatic N) is 2. The van der Waals surface area contributed by atoms with Gasteiger partial charge < -0.3 is 9.32 Å². The molecule has 4 rings (SSSR count). The van der Waals surface area contributed by atoms with Gasteiger partial charge in [-0.2, -0.15) is 4.99 Å². The van der Waals surface area contributed by atoms with Gasteiger partial charge in [-0.3, -0.25) is 4.79 Å². The standard InChI is InChI=1S/C19H17FN2O2S/c20-14-6-4-13(5-7-14)16-9-8-15(24-16)12-17-18(23)21-19(25-17)22-10-2-1-3-11-22/h4-9,12H,1-3,10-11H2/b17-12-. The molecule has 1 aromatic heterocycles. The molecule has 1 aromatic carbocycles. The minimum absolute atomic E-state index is 0.217. The van der Waals surface area contributed by atoms with Gasteiger partial charge in [-0.05, 0) is 67.4 Å². The van der Waals surface area contributed by atoms with Crippen molar-refractivity contribution in [3.8, 4) is 11.3 Å². The van der Waals surface area contributed by atoms with Crippen LogP contribution in [0.1, 0.15) is 25.0 Å². The van der Waals surface area contributed by atoms with Gasteiger partial charge in [0.1, 0.15) is 17.3 Å². The van der Waals surface area contributed by atoms with Gasteiger partial charge in [0, 0.05) is 24.7 Å². The second kappa shape index (κ2) is 6.88. The van der Waals surface area contributed by atoms with Crippen LogP contribution in [0.4, 0.5) is 4.39 Å². The van der Waals surface area contributed by atoms with Crippen LogP contribution in [-0.2, 0) is 4.79 Å². The van der Waals surface area contributed by atoms with Crippen LogP contribution in [0, 0.1) is 5.82 Å². The molecule has 4 nitrogen and oxygen atoms in total. The fourth-order valence-electron chi connectivity index (χ4n) is 2.95. The van der Waals surface area contributed by atoms with E-state index in [0.29, 0.717) is 16.4 Å².